The van der Waals surface area contributed by atoms with Crippen LogP contribution in [0.1, 0.15) is 34.6 Å². The second-order valence-corrected chi connectivity index (χ2v) is 6.88. The van der Waals surface area contributed by atoms with Crippen molar-refractivity contribution in [2.24, 2.45) is 5.92 Å². The molecule has 0 amide bonds. The van der Waals surface area contributed by atoms with Crippen LogP contribution in [0.2, 0.25) is 0 Å². The van der Waals surface area contributed by atoms with E-state index in [2.05, 4.69) is 17.4 Å². The minimum Gasteiger partial charge on any atom is -0.313 e. The van der Waals surface area contributed by atoms with Crippen molar-refractivity contribution in [3.63, 3.8) is 0 Å². The normalized spacial score (nSPS) is 26.0. The summed E-state index contributed by atoms with van der Waals surface area (Å²) >= 11 is 0. The Morgan fingerprint density at radius 2 is 1.79 bits per heavy atom. The molecule has 1 saturated heterocycles. The van der Waals surface area contributed by atoms with Crippen LogP contribution in [0.25, 0.3) is 0 Å². The first-order valence-electron chi connectivity index (χ1n) is 8.50. The molecular weight excluding hydrogens is 311 g/mol. The van der Waals surface area contributed by atoms with Crippen molar-refractivity contribution in [3.8, 4) is 0 Å². The third kappa shape index (κ3) is 2.73. The van der Waals surface area contributed by atoms with Crippen molar-refractivity contribution in [1.29, 1.82) is 0 Å². The van der Waals surface area contributed by atoms with Crippen molar-refractivity contribution in [3.05, 3.63) is 70.8 Å². The first-order chi connectivity index (χ1) is 11.5. The van der Waals surface area contributed by atoms with Crippen LogP contribution in [-0.4, -0.2) is 12.6 Å². The summed E-state index contributed by atoms with van der Waals surface area (Å²) in [6.07, 6.45) is -1.96. The molecule has 0 saturated carbocycles. The molecule has 2 aromatic rings. The van der Waals surface area contributed by atoms with Crippen LogP contribution in [0.4, 0.5) is 13.2 Å². The molecule has 3 atom stereocenters. The van der Waals surface area contributed by atoms with Gasteiger partial charge < -0.3 is 5.32 Å². The summed E-state index contributed by atoms with van der Waals surface area (Å²) in [6.45, 7) is 0.774. The molecule has 0 bridgehead atoms. The van der Waals surface area contributed by atoms with Gasteiger partial charge in [-0.25, -0.2) is 0 Å². The van der Waals surface area contributed by atoms with Gasteiger partial charge in [-0.1, -0.05) is 42.5 Å². The van der Waals surface area contributed by atoms with Crippen LogP contribution in [0, 0.1) is 5.92 Å². The van der Waals surface area contributed by atoms with Crippen LogP contribution in [-0.2, 0) is 19.0 Å². The minimum absolute atomic E-state index is 0.199. The van der Waals surface area contributed by atoms with E-state index in [1.807, 2.05) is 24.3 Å². The topological polar surface area (TPSA) is 12.0 Å². The Balaban J connectivity index is 1.61. The number of hydrogen-bond donors (Lipinski definition) is 1. The highest BCUT2D eigenvalue weighted by Crippen LogP contribution is 2.45. The van der Waals surface area contributed by atoms with Crippen LogP contribution in [0.5, 0.6) is 0 Å². The van der Waals surface area contributed by atoms with E-state index < -0.39 is 11.7 Å². The predicted octanol–water partition coefficient (Wildman–Crippen LogP) is 4.57. The summed E-state index contributed by atoms with van der Waals surface area (Å²) in [4.78, 5) is 0. The van der Waals surface area contributed by atoms with Gasteiger partial charge in [-0.15, -0.1) is 0 Å². The quantitative estimate of drug-likeness (QED) is 0.850. The molecule has 1 N–H and O–H groups in total. The summed E-state index contributed by atoms with van der Waals surface area (Å²) in [5.74, 6) is 0.617. The molecule has 1 heterocycles. The second-order valence-electron chi connectivity index (χ2n) is 6.88. The summed E-state index contributed by atoms with van der Waals surface area (Å²) in [5, 5.41) is 3.56. The second kappa shape index (κ2) is 5.92. The largest absolute Gasteiger partial charge is 0.416 e. The van der Waals surface area contributed by atoms with Crippen LogP contribution < -0.4 is 5.32 Å². The third-order valence-corrected chi connectivity index (χ3v) is 5.58. The molecule has 0 spiro atoms. The number of nitrogens with one attached hydrogen (secondary N) is 1. The van der Waals surface area contributed by atoms with Crippen LogP contribution in [0.3, 0.4) is 0 Å². The highest BCUT2D eigenvalue weighted by atomic mass is 19.4. The zero-order valence-electron chi connectivity index (χ0n) is 13.3. The first-order valence-corrected chi connectivity index (χ1v) is 8.50. The van der Waals surface area contributed by atoms with E-state index in [1.54, 1.807) is 6.07 Å². The lowest BCUT2D eigenvalue weighted by atomic mass is 9.72. The molecule has 1 aliphatic heterocycles. The Morgan fingerprint density at radius 3 is 2.54 bits per heavy atom. The Morgan fingerprint density at radius 1 is 1.00 bits per heavy atom. The van der Waals surface area contributed by atoms with Gasteiger partial charge in [0.25, 0.3) is 0 Å². The molecule has 0 radical (unpaired) electrons. The molecule has 2 aliphatic rings. The maximum absolute atomic E-state index is 13.3. The van der Waals surface area contributed by atoms with Crippen molar-refractivity contribution in [1.82, 2.24) is 5.32 Å². The molecule has 4 rings (SSSR count). The molecular formula is C20H20F3N. The van der Waals surface area contributed by atoms with Gasteiger partial charge in [-0.2, -0.15) is 13.2 Å². The van der Waals surface area contributed by atoms with Crippen LogP contribution >= 0.6 is 0 Å². The van der Waals surface area contributed by atoms with E-state index in [9.17, 15) is 13.2 Å². The molecule has 1 aliphatic carbocycles. The Labute approximate surface area is 139 Å². The summed E-state index contributed by atoms with van der Waals surface area (Å²) in [5.41, 5.74) is 2.27. The summed E-state index contributed by atoms with van der Waals surface area (Å²) in [7, 11) is 0. The smallest absolute Gasteiger partial charge is 0.313 e. The van der Waals surface area contributed by atoms with Crippen molar-refractivity contribution in [2.75, 3.05) is 6.54 Å². The fourth-order valence-corrected chi connectivity index (χ4v) is 4.50. The molecule has 1 unspecified atom stereocenters. The fraction of sp³-hybridized carbons (Fsp3) is 0.400. The standard InChI is InChI=1S/C20H20F3N/c21-20(22,23)18-8-4-7-14-15(18)9-10-16-17(14)12-24-19(16)11-13-5-2-1-3-6-13/h1-8,16-17,19,24H,9-12H2/t16?,17-,19+/m0/s1. The van der Waals surface area contributed by atoms with E-state index in [0.717, 1.165) is 24.9 Å². The number of hydrogen-bond acceptors (Lipinski definition) is 1. The fourth-order valence-electron chi connectivity index (χ4n) is 4.50. The Hall–Kier alpha value is -1.81. The summed E-state index contributed by atoms with van der Waals surface area (Å²) in [6, 6.07) is 15.3. The maximum Gasteiger partial charge on any atom is 0.416 e. The monoisotopic (exact) mass is 331 g/mol. The van der Waals surface area contributed by atoms with Crippen LogP contribution in [0.15, 0.2) is 48.5 Å². The van der Waals surface area contributed by atoms with E-state index in [0.29, 0.717) is 23.9 Å². The summed E-state index contributed by atoms with van der Waals surface area (Å²) < 4.78 is 39.8. The van der Waals surface area contributed by atoms with Gasteiger partial charge in [-0.05, 0) is 47.9 Å². The van der Waals surface area contributed by atoms with E-state index in [-0.39, 0.29) is 5.92 Å². The van der Waals surface area contributed by atoms with Gasteiger partial charge in [-0.3, -0.25) is 0 Å². The van der Waals surface area contributed by atoms with Gasteiger partial charge in [0.1, 0.15) is 0 Å². The number of fused-ring (bicyclic) bond motifs is 3. The lowest BCUT2D eigenvalue weighted by Crippen LogP contribution is -2.31. The van der Waals surface area contributed by atoms with Crippen molar-refractivity contribution >= 4 is 0 Å². The zero-order valence-corrected chi connectivity index (χ0v) is 13.3. The van der Waals surface area contributed by atoms with Gasteiger partial charge in [0, 0.05) is 18.5 Å². The minimum atomic E-state index is -4.26. The lowest BCUT2D eigenvalue weighted by Gasteiger charge is -2.32. The average molecular weight is 331 g/mol. The Bertz CT molecular complexity index is 723. The first kappa shape index (κ1) is 15.7. The highest BCUT2D eigenvalue weighted by molar-refractivity contribution is 5.42. The molecule has 4 heteroatoms. The average Bonchev–Trinajstić information content (AvgIpc) is 2.98. The van der Waals surface area contributed by atoms with Gasteiger partial charge in [0.15, 0.2) is 0 Å². The number of rotatable bonds is 2. The Kier molecular flexibility index (Phi) is 3.87. The highest BCUT2D eigenvalue weighted by Gasteiger charge is 2.43. The molecule has 2 aromatic carbocycles. The molecule has 126 valence electrons. The SMILES string of the molecule is FC(F)(F)c1cccc2c1CCC1[C@@H](Cc3ccccc3)NC[C@@H]21. The van der Waals surface area contributed by atoms with E-state index in [1.165, 1.54) is 11.6 Å². The number of benzene rings is 2. The van der Waals surface area contributed by atoms with Gasteiger partial charge in [0.2, 0.25) is 0 Å². The molecule has 24 heavy (non-hydrogen) atoms. The maximum atomic E-state index is 13.3. The van der Waals surface area contributed by atoms with Gasteiger partial charge in [0.05, 0.1) is 5.56 Å². The molecule has 0 aromatic heterocycles. The van der Waals surface area contributed by atoms with Crippen molar-refractivity contribution in [2.45, 2.75) is 37.4 Å². The lowest BCUT2D eigenvalue weighted by molar-refractivity contribution is -0.138. The van der Waals surface area contributed by atoms with Gasteiger partial charge >= 0.3 is 6.18 Å². The number of alkyl halides is 3. The van der Waals surface area contributed by atoms with Crippen molar-refractivity contribution < 1.29 is 13.2 Å². The predicted molar refractivity (Wildman–Crippen MR) is 87.9 cm³/mol. The number of halogens is 3. The third-order valence-electron chi connectivity index (χ3n) is 5.58. The zero-order chi connectivity index (χ0) is 16.7. The van der Waals surface area contributed by atoms with E-state index >= 15 is 0 Å². The van der Waals surface area contributed by atoms with E-state index in [4.69, 9.17) is 0 Å². The molecule has 1 nitrogen and oxygen atoms in total. The molecule has 1 fully saturated rings.